The number of rotatable bonds is 6. The van der Waals surface area contributed by atoms with Crippen molar-refractivity contribution in [3.05, 3.63) is 188 Å². The Morgan fingerprint density at radius 3 is 1.62 bits per heavy atom. The number of para-hydroxylation sites is 5. The van der Waals surface area contributed by atoms with Crippen LogP contribution >= 0.6 is 0 Å². The van der Waals surface area contributed by atoms with E-state index in [1.807, 2.05) is 12.1 Å². The Hall–Kier alpha value is -6.38. The largest absolute Gasteiger partial charge is 0.455 e. The van der Waals surface area contributed by atoms with Gasteiger partial charge in [-0.15, -0.1) is 0 Å². The van der Waals surface area contributed by atoms with Crippen LogP contribution in [0.2, 0.25) is 0 Å². The fourth-order valence-corrected chi connectivity index (χ4v) is 7.16. The van der Waals surface area contributed by atoms with Gasteiger partial charge >= 0.3 is 0 Å². The van der Waals surface area contributed by atoms with Crippen molar-refractivity contribution >= 4 is 49.8 Å². The molecule has 0 aliphatic heterocycles. The van der Waals surface area contributed by atoms with E-state index in [1.54, 1.807) is 0 Å². The molecule has 2 nitrogen and oxygen atoms in total. The number of nitrogens with zero attached hydrogens (tertiary/aromatic N) is 1. The summed E-state index contributed by atoms with van der Waals surface area (Å²) in [5.74, 6) is 0. The van der Waals surface area contributed by atoms with Crippen LogP contribution in [0.25, 0.3) is 66.1 Å². The molecular weight excluding hydrogens is 583 g/mol. The second kappa shape index (κ2) is 11.8. The molecular formula is C46H31NO. The standard InChI is InChI=1S/C46H31NO/c1-3-16-32(17-4-1)35-25-13-18-33-19-14-26-39(45(33)35)36-22-7-10-29-42(36)47(34-20-5-2-6-21-34)43-30-11-8-23-37(43)40-27-15-28-41-38-24-9-12-31-44(38)48-46(40)41/h1-31H. The predicted octanol–water partition coefficient (Wildman–Crippen LogP) is 13.2. The van der Waals surface area contributed by atoms with Crippen molar-refractivity contribution in [2.45, 2.75) is 0 Å². The minimum absolute atomic E-state index is 0.896. The van der Waals surface area contributed by atoms with E-state index in [0.717, 1.165) is 55.7 Å². The Labute approximate surface area is 279 Å². The zero-order valence-corrected chi connectivity index (χ0v) is 26.3. The number of furan rings is 1. The van der Waals surface area contributed by atoms with Gasteiger partial charge in [0.25, 0.3) is 0 Å². The van der Waals surface area contributed by atoms with E-state index in [2.05, 4.69) is 181 Å². The molecule has 0 saturated heterocycles. The topological polar surface area (TPSA) is 16.4 Å². The Morgan fingerprint density at radius 1 is 0.354 bits per heavy atom. The first-order chi connectivity index (χ1) is 23.8. The first-order valence-corrected chi connectivity index (χ1v) is 16.4. The van der Waals surface area contributed by atoms with Gasteiger partial charge in [0.2, 0.25) is 0 Å². The molecule has 0 aliphatic rings. The van der Waals surface area contributed by atoms with Crippen LogP contribution in [0, 0.1) is 0 Å². The fraction of sp³-hybridized carbons (Fsp3) is 0. The summed E-state index contributed by atoms with van der Waals surface area (Å²) in [5.41, 5.74) is 12.0. The molecule has 0 atom stereocenters. The summed E-state index contributed by atoms with van der Waals surface area (Å²) in [4.78, 5) is 2.40. The number of hydrogen-bond acceptors (Lipinski definition) is 2. The van der Waals surface area contributed by atoms with Crippen molar-refractivity contribution in [2.24, 2.45) is 0 Å². The van der Waals surface area contributed by atoms with Gasteiger partial charge in [0.15, 0.2) is 0 Å². The third kappa shape index (κ3) is 4.66. The highest BCUT2D eigenvalue weighted by atomic mass is 16.3. The van der Waals surface area contributed by atoms with Crippen LogP contribution in [-0.2, 0) is 0 Å². The summed E-state index contributed by atoms with van der Waals surface area (Å²) in [6.45, 7) is 0. The summed E-state index contributed by atoms with van der Waals surface area (Å²) in [6.07, 6.45) is 0. The van der Waals surface area contributed by atoms with E-state index in [9.17, 15) is 0 Å². The molecule has 0 bridgehead atoms. The van der Waals surface area contributed by atoms with Crippen LogP contribution in [-0.4, -0.2) is 0 Å². The highest BCUT2D eigenvalue weighted by molar-refractivity contribution is 6.12. The normalized spacial score (nSPS) is 11.3. The first-order valence-electron chi connectivity index (χ1n) is 16.4. The Balaban J connectivity index is 1.31. The fourth-order valence-electron chi connectivity index (χ4n) is 7.16. The van der Waals surface area contributed by atoms with Crippen molar-refractivity contribution in [1.29, 1.82) is 0 Å². The number of benzene rings is 8. The molecule has 1 heterocycles. The van der Waals surface area contributed by atoms with Crippen LogP contribution in [0.1, 0.15) is 0 Å². The maximum absolute atomic E-state index is 6.56. The van der Waals surface area contributed by atoms with Gasteiger partial charge in [-0.2, -0.15) is 0 Å². The second-order valence-corrected chi connectivity index (χ2v) is 12.1. The molecule has 0 amide bonds. The molecule has 226 valence electrons. The monoisotopic (exact) mass is 613 g/mol. The highest BCUT2D eigenvalue weighted by Gasteiger charge is 2.23. The summed E-state index contributed by atoms with van der Waals surface area (Å²) in [7, 11) is 0. The van der Waals surface area contributed by atoms with Gasteiger partial charge in [0.1, 0.15) is 11.2 Å². The lowest BCUT2D eigenvalue weighted by atomic mass is 9.90. The van der Waals surface area contributed by atoms with E-state index < -0.39 is 0 Å². The molecule has 0 radical (unpaired) electrons. The summed E-state index contributed by atoms with van der Waals surface area (Å²) < 4.78 is 6.56. The van der Waals surface area contributed by atoms with Crippen LogP contribution < -0.4 is 4.90 Å². The van der Waals surface area contributed by atoms with Crippen LogP contribution in [0.3, 0.4) is 0 Å². The molecule has 9 rings (SSSR count). The Kier molecular flexibility index (Phi) is 6.84. The highest BCUT2D eigenvalue weighted by Crippen LogP contribution is 2.48. The Bertz CT molecular complexity index is 2560. The van der Waals surface area contributed by atoms with E-state index in [1.165, 1.54) is 27.5 Å². The lowest BCUT2D eigenvalue weighted by Crippen LogP contribution is -2.12. The molecule has 0 unspecified atom stereocenters. The summed E-state index contributed by atoms with van der Waals surface area (Å²) in [5, 5.41) is 4.70. The summed E-state index contributed by atoms with van der Waals surface area (Å²) >= 11 is 0. The van der Waals surface area contributed by atoms with Gasteiger partial charge in [-0.3, -0.25) is 0 Å². The average molecular weight is 614 g/mol. The molecule has 0 N–H and O–H groups in total. The van der Waals surface area contributed by atoms with Crippen molar-refractivity contribution < 1.29 is 4.42 Å². The van der Waals surface area contributed by atoms with E-state index >= 15 is 0 Å². The number of anilines is 3. The van der Waals surface area contributed by atoms with Crippen LogP contribution in [0.5, 0.6) is 0 Å². The molecule has 2 heteroatoms. The number of hydrogen-bond donors (Lipinski definition) is 0. The minimum Gasteiger partial charge on any atom is -0.455 e. The minimum atomic E-state index is 0.896. The molecule has 0 spiro atoms. The molecule has 0 fully saturated rings. The molecule has 0 aliphatic carbocycles. The van der Waals surface area contributed by atoms with Gasteiger partial charge in [-0.25, -0.2) is 0 Å². The lowest BCUT2D eigenvalue weighted by Gasteiger charge is -2.30. The zero-order valence-electron chi connectivity index (χ0n) is 26.3. The molecule has 0 saturated carbocycles. The van der Waals surface area contributed by atoms with Crippen LogP contribution in [0.4, 0.5) is 17.1 Å². The predicted molar refractivity (Wildman–Crippen MR) is 202 cm³/mol. The van der Waals surface area contributed by atoms with Crippen LogP contribution in [0.15, 0.2) is 192 Å². The van der Waals surface area contributed by atoms with Gasteiger partial charge in [-0.05, 0) is 57.8 Å². The summed E-state index contributed by atoms with van der Waals surface area (Å²) in [6, 6.07) is 66.8. The SMILES string of the molecule is c1ccc(-c2cccc3cccc(-c4ccccc4N(c4ccccc4)c4ccccc4-c4cccc5c4oc4ccccc45)c23)cc1. The maximum atomic E-state index is 6.56. The smallest absolute Gasteiger partial charge is 0.143 e. The molecule has 8 aromatic carbocycles. The van der Waals surface area contributed by atoms with Crippen molar-refractivity contribution in [3.8, 4) is 33.4 Å². The van der Waals surface area contributed by atoms with Crippen molar-refractivity contribution in [3.63, 3.8) is 0 Å². The third-order valence-corrected chi connectivity index (χ3v) is 9.28. The molecule has 9 aromatic rings. The van der Waals surface area contributed by atoms with Gasteiger partial charge < -0.3 is 9.32 Å². The van der Waals surface area contributed by atoms with E-state index in [0.29, 0.717) is 0 Å². The molecule has 1 aromatic heterocycles. The quantitative estimate of drug-likeness (QED) is 0.185. The molecule has 48 heavy (non-hydrogen) atoms. The Morgan fingerprint density at radius 2 is 0.875 bits per heavy atom. The first kappa shape index (κ1) is 27.9. The van der Waals surface area contributed by atoms with Gasteiger partial charge in [0, 0.05) is 33.2 Å². The lowest BCUT2D eigenvalue weighted by molar-refractivity contribution is 0.670. The second-order valence-electron chi connectivity index (χ2n) is 12.1. The van der Waals surface area contributed by atoms with Gasteiger partial charge in [0.05, 0.1) is 11.4 Å². The van der Waals surface area contributed by atoms with E-state index in [-0.39, 0.29) is 0 Å². The number of fused-ring (bicyclic) bond motifs is 4. The average Bonchev–Trinajstić information content (AvgIpc) is 3.55. The van der Waals surface area contributed by atoms with Gasteiger partial charge in [-0.1, -0.05) is 158 Å². The third-order valence-electron chi connectivity index (χ3n) is 9.28. The van der Waals surface area contributed by atoms with Crippen molar-refractivity contribution in [2.75, 3.05) is 4.90 Å². The maximum Gasteiger partial charge on any atom is 0.143 e. The van der Waals surface area contributed by atoms with E-state index in [4.69, 9.17) is 4.42 Å². The van der Waals surface area contributed by atoms with Crippen molar-refractivity contribution in [1.82, 2.24) is 0 Å². The zero-order chi connectivity index (χ0) is 31.9.